The van der Waals surface area contributed by atoms with E-state index in [0.29, 0.717) is 0 Å². The standard InChI is InChI=1S/C15H14FN3O2/c16-13-8-4-7-12(9-13)15(20)19-18-14(10-17-21)11-5-2-1-3-6-11/h1-9,14,18H,10H2,(H,19,20). The van der Waals surface area contributed by atoms with Crippen LogP contribution in [0.15, 0.2) is 59.8 Å². The van der Waals surface area contributed by atoms with Crippen molar-refractivity contribution in [3.05, 3.63) is 76.4 Å². The summed E-state index contributed by atoms with van der Waals surface area (Å²) in [7, 11) is 0. The van der Waals surface area contributed by atoms with Gasteiger partial charge in [0, 0.05) is 5.56 Å². The number of hydrazine groups is 1. The van der Waals surface area contributed by atoms with Crippen LogP contribution in [0.4, 0.5) is 4.39 Å². The molecule has 2 aromatic carbocycles. The van der Waals surface area contributed by atoms with Crippen LogP contribution in [0.2, 0.25) is 0 Å². The van der Waals surface area contributed by atoms with Gasteiger partial charge in [0.15, 0.2) is 0 Å². The number of benzene rings is 2. The molecule has 2 rings (SSSR count). The van der Waals surface area contributed by atoms with Crippen LogP contribution < -0.4 is 10.9 Å². The Balaban J connectivity index is 2.02. The van der Waals surface area contributed by atoms with E-state index in [2.05, 4.69) is 16.0 Å². The molecule has 2 aromatic rings. The number of hydrogen-bond acceptors (Lipinski definition) is 4. The van der Waals surface area contributed by atoms with Crippen molar-refractivity contribution < 1.29 is 9.18 Å². The zero-order valence-electron chi connectivity index (χ0n) is 11.1. The Labute approximate surface area is 121 Å². The predicted octanol–water partition coefficient (Wildman–Crippen LogP) is 2.57. The van der Waals surface area contributed by atoms with Gasteiger partial charge >= 0.3 is 0 Å². The zero-order chi connectivity index (χ0) is 15.1. The minimum Gasteiger partial charge on any atom is -0.287 e. The highest BCUT2D eigenvalue weighted by atomic mass is 19.1. The van der Waals surface area contributed by atoms with Crippen LogP contribution >= 0.6 is 0 Å². The zero-order valence-corrected chi connectivity index (χ0v) is 11.1. The second-order valence-corrected chi connectivity index (χ2v) is 4.38. The van der Waals surface area contributed by atoms with Gasteiger partial charge in [0.25, 0.3) is 5.91 Å². The molecule has 0 saturated carbocycles. The van der Waals surface area contributed by atoms with Crippen molar-refractivity contribution in [3.63, 3.8) is 0 Å². The monoisotopic (exact) mass is 287 g/mol. The van der Waals surface area contributed by atoms with Gasteiger partial charge in [0.05, 0.1) is 6.04 Å². The molecule has 0 aliphatic rings. The molecule has 1 atom stereocenters. The third-order valence-electron chi connectivity index (χ3n) is 2.91. The van der Waals surface area contributed by atoms with Crippen LogP contribution in [-0.2, 0) is 0 Å². The first-order valence-electron chi connectivity index (χ1n) is 6.36. The maximum Gasteiger partial charge on any atom is 0.265 e. The van der Waals surface area contributed by atoms with Crippen LogP contribution in [0.3, 0.4) is 0 Å². The summed E-state index contributed by atoms with van der Waals surface area (Å²) in [6.45, 7) is -0.0343. The van der Waals surface area contributed by atoms with Gasteiger partial charge in [-0.25, -0.2) is 9.82 Å². The Bertz CT molecular complexity index is 619. The summed E-state index contributed by atoms with van der Waals surface area (Å²) in [4.78, 5) is 22.4. The van der Waals surface area contributed by atoms with E-state index in [1.807, 2.05) is 30.3 Å². The molecule has 0 spiro atoms. The molecule has 0 aliphatic carbocycles. The fourth-order valence-corrected chi connectivity index (χ4v) is 1.85. The summed E-state index contributed by atoms with van der Waals surface area (Å²) >= 11 is 0. The lowest BCUT2D eigenvalue weighted by Crippen LogP contribution is -2.41. The quantitative estimate of drug-likeness (QED) is 0.633. The van der Waals surface area contributed by atoms with Gasteiger partial charge in [-0.15, -0.1) is 0 Å². The van der Waals surface area contributed by atoms with Crippen molar-refractivity contribution >= 4 is 5.91 Å². The van der Waals surface area contributed by atoms with E-state index in [1.165, 1.54) is 18.2 Å². The van der Waals surface area contributed by atoms with Gasteiger partial charge in [0.2, 0.25) is 0 Å². The van der Waals surface area contributed by atoms with Gasteiger partial charge in [0.1, 0.15) is 12.4 Å². The van der Waals surface area contributed by atoms with Gasteiger partial charge in [-0.2, -0.15) is 4.91 Å². The van der Waals surface area contributed by atoms with Crippen molar-refractivity contribution in [2.45, 2.75) is 6.04 Å². The molecule has 0 saturated heterocycles. The van der Waals surface area contributed by atoms with Crippen molar-refractivity contribution in [1.29, 1.82) is 0 Å². The SMILES string of the molecule is O=NCC(NNC(=O)c1cccc(F)c1)c1ccccc1. The number of nitroso groups, excluding NO2 is 1. The van der Waals surface area contributed by atoms with Crippen molar-refractivity contribution in [2.75, 3.05) is 6.54 Å². The third kappa shape index (κ3) is 4.19. The predicted molar refractivity (Wildman–Crippen MR) is 76.8 cm³/mol. The summed E-state index contributed by atoms with van der Waals surface area (Å²) < 4.78 is 13.1. The molecule has 0 aliphatic heterocycles. The molecular weight excluding hydrogens is 273 g/mol. The lowest BCUT2D eigenvalue weighted by Gasteiger charge is -2.16. The van der Waals surface area contributed by atoms with Gasteiger partial charge in [-0.05, 0) is 23.8 Å². The Morgan fingerprint density at radius 2 is 1.90 bits per heavy atom. The van der Waals surface area contributed by atoms with E-state index in [0.717, 1.165) is 11.6 Å². The number of amides is 1. The minimum absolute atomic E-state index is 0.0343. The summed E-state index contributed by atoms with van der Waals surface area (Å²) in [6.07, 6.45) is 0. The third-order valence-corrected chi connectivity index (χ3v) is 2.91. The second kappa shape index (κ2) is 7.25. The lowest BCUT2D eigenvalue weighted by molar-refractivity contribution is 0.0925. The van der Waals surface area contributed by atoms with Gasteiger partial charge in [-0.3, -0.25) is 10.2 Å². The Morgan fingerprint density at radius 3 is 2.57 bits per heavy atom. The molecule has 1 amide bonds. The number of hydrogen-bond donors (Lipinski definition) is 2. The molecule has 0 heterocycles. The summed E-state index contributed by atoms with van der Waals surface area (Å²) in [5, 5.41) is 2.85. The number of carbonyl (C=O) groups excluding carboxylic acids is 1. The Kier molecular flexibility index (Phi) is 5.11. The molecule has 5 nitrogen and oxygen atoms in total. The van der Waals surface area contributed by atoms with Crippen molar-refractivity contribution in [1.82, 2.24) is 10.9 Å². The Hall–Kier alpha value is -2.60. The minimum atomic E-state index is -0.489. The number of halogens is 1. The van der Waals surface area contributed by atoms with Crippen LogP contribution in [-0.4, -0.2) is 12.5 Å². The molecule has 0 aromatic heterocycles. The molecule has 2 N–H and O–H groups in total. The highest BCUT2D eigenvalue weighted by Gasteiger charge is 2.13. The number of rotatable bonds is 6. The molecule has 1 unspecified atom stereocenters. The molecule has 0 radical (unpaired) electrons. The first kappa shape index (κ1) is 14.8. The molecular formula is C15H14FN3O2. The highest BCUT2D eigenvalue weighted by Crippen LogP contribution is 2.12. The summed E-state index contributed by atoms with van der Waals surface area (Å²) in [6, 6.07) is 14.0. The van der Waals surface area contributed by atoms with E-state index in [4.69, 9.17) is 0 Å². The van der Waals surface area contributed by atoms with Gasteiger partial charge in [-0.1, -0.05) is 41.6 Å². The van der Waals surface area contributed by atoms with Gasteiger partial charge < -0.3 is 0 Å². The number of carbonyl (C=O) groups is 1. The van der Waals surface area contributed by atoms with E-state index >= 15 is 0 Å². The number of nitrogens with zero attached hydrogens (tertiary/aromatic N) is 1. The Morgan fingerprint density at radius 1 is 1.14 bits per heavy atom. The summed E-state index contributed by atoms with van der Waals surface area (Å²) in [5.74, 6) is -0.974. The van der Waals surface area contributed by atoms with E-state index < -0.39 is 17.8 Å². The van der Waals surface area contributed by atoms with Crippen molar-refractivity contribution in [2.24, 2.45) is 5.18 Å². The van der Waals surface area contributed by atoms with Crippen LogP contribution in [0, 0.1) is 10.7 Å². The fourth-order valence-electron chi connectivity index (χ4n) is 1.85. The summed E-state index contributed by atoms with van der Waals surface area (Å²) in [5.41, 5.74) is 6.20. The largest absolute Gasteiger partial charge is 0.287 e. The van der Waals surface area contributed by atoms with Crippen LogP contribution in [0.1, 0.15) is 22.0 Å². The molecule has 0 bridgehead atoms. The molecule has 108 valence electrons. The smallest absolute Gasteiger partial charge is 0.265 e. The lowest BCUT2D eigenvalue weighted by atomic mass is 10.1. The van der Waals surface area contributed by atoms with E-state index in [9.17, 15) is 14.1 Å². The average Bonchev–Trinajstić information content (AvgIpc) is 2.52. The average molecular weight is 287 g/mol. The maximum atomic E-state index is 13.1. The number of nitrogens with one attached hydrogen (secondary N) is 2. The molecule has 0 fully saturated rings. The van der Waals surface area contributed by atoms with Crippen molar-refractivity contribution in [3.8, 4) is 0 Å². The topological polar surface area (TPSA) is 70.6 Å². The second-order valence-electron chi connectivity index (χ2n) is 4.38. The first-order valence-corrected chi connectivity index (χ1v) is 6.36. The molecule has 6 heteroatoms. The maximum absolute atomic E-state index is 13.1. The van der Waals surface area contributed by atoms with Crippen LogP contribution in [0.25, 0.3) is 0 Å². The van der Waals surface area contributed by atoms with E-state index in [1.54, 1.807) is 0 Å². The normalized spacial score (nSPS) is 11.7. The van der Waals surface area contributed by atoms with Crippen LogP contribution in [0.5, 0.6) is 0 Å². The highest BCUT2D eigenvalue weighted by molar-refractivity contribution is 5.93. The molecule has 21 heavy (non-hydrogen) atoms. The first-order chi connectivity index (χ1) is 10.2. The fraction of sp³-hybridized carbons (Fsp3) is 0.133. The van der Waals surface area contributed by atoms with E-state index in [-0.39, 0.29) is 12.1 Å².